The van der Waals surface area contributed by atoms with Crippen LogP contribution in [0.2, 0.25) is 0 Å². The Morgan fingerprint density at radius 1 is 0.880 bits per heavy atom. The van der Waals surface area contributed by atoms with Crippen LogP contribution >= 0.6 is 0 Å². The molecule has 1 heterocycles. The van der Waals surface area contributed by atoms with Gasteiger partial charge in [0.2, 0.25) is 5.91 Å². The van der Waals surface area contributed by atoms with Crippen molar-refractivity contribution in [2.24, 2.45) is 17.8 Å². The van der Waals surface area contributed by atoms with Crippen molar-refractivity contribution in [2.75, 3.05) is 5.32 Å². The lowest BCUT2D eigenvalue weighted by molar-refractivity contribution is -0.274. The van der Waals surface area contributed by atoms with Crippen LogP contribution in [0, 0.1) is 17.8 Å². The maximum Gasteiger partial charge on any atom is 0.573 e. The minimum Gasteiger partial charge on any atom is -0.405 e. The van der Waals surface area contributed by atoms with Gasteiger partial charge in [-0.25, -0.2) is 13.1 Å². The zero-order valence-electron chi connectivity index (χ0n) is 26.7. The molecule has 0 spiro atoms. The summed E-state index contributed by atoms with van der Waals surface area (Å²) in [5.74, 6) is -0.576. The van der Waals surface area contributed by atoms with Gasteiger partial charge < -0.3 is 19.3 Å². The molecule has 4 aromatic rings. The SMILES string of the molecule is O=C(NS(=O)(=O)c1ccccc1)c1ccc(NC(=O)C2C3CCC2CC(OCc2c(-c4ccccc4OC(F)(F)F)noc2C2CC2)C3)cc1. The molecular formula is C36H34F3N3O7S. The minimum absolute atomic E-state index is 0.0287. The van der Waals surface area contributed by atoms with Gasteiger partial charge in [0.25, 0.3) is 15.9 Å². The summed E-state index contributed by atoms with van der Waals surface area (Å²) >= 11 is 0. The largest absolute Gasteiger partial charge is 0.573 e. The van der Waals surface area contributed by atoms with Crippen molar-refractivity contribution in [3.05, 3.63) is 95.7 Å². The van der Waals surface area contributed by atoms with Crippen LogP contribution in [0.3, 0.4) is 0 Å². The van der Waals surface area contributed by atoms with E-state index in [9.17, 15) is 31.2 Å². The van der Waals surface area contributed by atoms with Gasteiger partial charge in [-0.1, -0.05) is 35.5 Å². The van der Waals surface area contributed by atoms with E-state index >= 15 is 0 Å². The summed E-state index contributed by atoms with van der Waals surface area (Å²) in [6.45, 7) is 0.110. The van der Waals surface area contributed by atoms with Crippen LogP contribution in [-0.4, -0.2) is 37.9 Å². The van der Waals surface area contributed by atoms with Gasteiger partial charge in [0.05, 0.1) is 17.6 Å². The lowest BCUT2D eigenvalue weighted by Crippen LogP contribution is -2.38. The lowest BCUT2D eigenvalue weighted by Gasteiger charge is -2.34. The Bertz CT molecular complexity index is 1970. The van der Waals surface area contributed by atoms with Gasteiger partial charge in [-0.15, -0.1) is 13.2 Å². The first kappa shape index (κ1) is 33.8. The van der Waals surface area contributed by atoms with Gasteiger partial charge in [-0.05, 0) is 98.9 Å². The van der Waals surface area contributed by atoms with Crippen molar-refractivity contribution >= 4 is 27.5 Å². The number of fused-ring (bicyclic) bond motifs is 2. The molecule has 2 bridgehead atoms. The normalized spacial score (nSPS) is 21.8. The number of carbonyl (C=O) groups is 2. The van der Waals surface area contributed by atoms with E-state index in [1.54, 1.807) is 36.4 Å². The van der Waals surface area contributed by atoms with Crippen LogP contribution in [0.4, 0.5) is 18.9 Å². The van der Waals surface area contributed by atoms with Crippen molar-refractivity contribution in [3.63, 3.8) is 0 Å². The van der Waals surface area contributed by atoms with E-state index in [1.165, 1.54) is 42.5 Å². The molecule has 3 fully saturated rings. The van der Waals surface area contributed by atoms with Crippen LogP contribution in [-0.2, 0) is 26.2 Å². The second-order valence-corrected chi connectivity index (χ2v) is 14.7. The lowest BCUT2D eigenvalue weighted by atomic mass is 9.76. The summed E-state index contributed by atoms with van der Waals surface area (Å²) in [5, 5.41) is 7.11. The van der Waals surface area contributed by atoms with Crippen molar-refractivity contribution in [3.8, 4) is 17.0 Å². The number of hydrogen-bond donors (Lipinski definition) is 2. The summed E-state index contributed by atoms with van der Waals surface area (Å²) in [4.78, 5) is 26.1. The first-order valence-corrected chi connectivity index (χ1v) is 17.9. The average molecular weight is 710 g/mol. The van der Waals surface area contributed by atoms with E-state index in [0.29, 0.717) is 29.9 Å². The van der Waals surface area contributed by atoms with Crippen LogP contribution in [0.15, 0.2) is 88.3 Å². The third-order valence-corrected chi connectivity index (χ3v) is 11.0. The molecule has 3 aromatic carbocycles. The van der Waals surface area contributed by atoms with Crippen molar-refractivity contribution in [2.45, 2.75) is 68.4 Å². The molecule has 2 N–H and O–H groups in total. The van der Waals surface area contributed by atoms with Crippen molar-refractivity contribution in [1.82, 2.24) is 9.88 Å². The molecular weight excluding hydrogens is 675 g/mol. The van der Waals surface area contributed by atoms with Crippen LogP contribution in [0.5, 0.6) is 5.75 Å². The topological polar surface area (TPSA) is 137 Å². The molecule has 1 aromatic heterocycles. The predicted molar refractivity (Wildman–Crippen MR) is 174 cm³/mol. The number of nitrogens with zero attached hydrogens (tertiary/aromatic N) is 1. The van der Waals surface area contributed by atoms with E-state index in [1.807, 2.05) is 0 Å². The van der Waals surface area contributed by atoms with E-state index in [0.717, 1.165) is 25.7 Å². The Labute approximate surface area is 286 Å². The van der Waals surface area contributed by atoms with Gasteiger partial charge >= 0.3 is 6.36 Å². The standard InChI is InChI=1S/C36H34F3N3O7S/c37-36(38,39)48-30-9-5-4-8-28(30)32-29(33(49-41-32)21-10-11-21)20-47-26-18-23-12-13-24(19-26)31(23)35(44)40-25-16-14-22(15-17-25)34(43)42-50(45,46)27-6-2-1-3-7-27/h1-9,14-17,21,23-24,26,31H,10-13,18-20H2,(H,40,44)(H,42,43). The third-order valence-electron chi connectivity index (χ3n) is 9.65. The average Bonchev–Trinajstić information content (AvgIpc) is 3.78. The number of hydrogen-bond acceptors (Lipinski definition) is 8. The zero-order chi connectivity index (χ0) is 35.0. The number of para-hydroxylation sites is 1. The maximum atomic E-state index is 13.5. The smallest absolute Gasteiger partial charge is 0.405 e. The molecule has 3 aliphatic rings. The van der Waals surface area contributed by atoms with E-state index in [2.05, 4.69) is 19.9 Å². The molecule has 7 rings (SSSR count). The fourth-order valence-electron chi connectivity index (χ4n) is 7.22. The summed E-state index contributed by atoms with van der Waals surface area (Å²) in [7, 11) is -4.03. The van der Waals surface area contributed by atoms with Crippen LogP contribution < -0.4 is 14.8 Å². The minimum atomic E-state index is -4.87. The summed E-state index contributed by atoms with van der Waals surface area (Å²) < 4.78 is 82.9. The number of alkyl halides is 3. The molecule has 0 saturated heterocycles. The number of rotatable bonds is 11. The summed E-state index contributed by atoms with van der Waals surface area (Å²) in [6.07, 6.45) is -0.186. The Hall–Kier alpha value is -4.69. The van der Waals surface area contributed by atoms with E-state index in [-0.39, 0.29) is 69.8 Å². The predicted octanol–water partition coefficient (Wildman–Crippen LogP) is 7.20. The monoisotopic (exact) mass is 709 g/mol. The number of carbonyl (C=O) groups excluding carboxylic acids is 2. The Morgan fingerprint density at radius 2 is 1.54 bits per heavy atom. The highest BCUT2D eigenvalue weighted by molar-refractivity contribution is 7.90. The number of ether oxygens (including phenoxy) is 2. The Kier molecular flexibility index (Phi) is 9.16. The quantitative estimate of drug-likeness (QED) is 0.167. The number of sulfonamides is 1. The van der Waals surface area contributed by atoms with Crippen LogP contribution in [0.1, 0.15) is 66.1 Å². The second-order valence-electron chi connectivity index (χ2n) is 13.0. The molecule has 262 valence electrons. The number of aromatic nitrogens is 1. The van der Waals surface area contributed by atoms with E-state index < -0.39 is 22.3 Å². The molecule has 10 nitrogen and oxygen atoms in total. The molecule has 50 heavy (non-hydrogen) atoms. The number of amides is 2. The first-order chi connectivity index (χ1) is 23.9. The number of nitrogens with one attached hydrogen (secondary N) is 2. The van der Waals surface area contributed by atoms with Gasteiger partial charge in [0.15, 0.2) is 0 Å². The van der Waals surface area contributed by atoms with Gasteiger partial charge in [-0.2, -0.15) is 0 Å². The number of halogens is 3. The second kappa shape index (κ2) is 13.6. The van der Waals surface area contributed by atoms with Crippen LogP contribution in [0.25, 0.3) is 11.3 Å². The molecule has 2 unspecified atom stereocenters. The Balaban J connectivity index is 0.975. The number of benzene rings is 3. The summed E-state index contributed by atoms with van der Waals surface area (Å²) in [5.41, 5.74) is 1.66. The highest BCUT2D eigenvalue weighted by Crippen LogP contribution is 2.49. The highest BCUT2D eigenvalue weighted by Gasteiger charge is 2.47. The van der Waals surface area contributed by atoms with Crippen molar-refractivity contribution in [1.29, 1.82) is 0 Å². The molecule has 3 aliphatic carbocycles. The number of anilines is 1. The molecule has 2 amide bonds. The molecule has 2 atom stereocenters. The maximum absolute atomic E-state index is 13.5. The van der Waals surface area contributed by atoms with Gasteiger partial charge in [0.1, 0.15) is 17.2 Å². The van der Waals surface area contributed by atoms with Gasteiger partial charge in [-0.3, -0.25) is 9.59 Å². The molecule has 14 heteroatoms. The molecule has 0 aliphatic heterocycles. The fourth-order valence-corrected chi connectivity index (χ4v) is 8.22. The van der Waals surface area contributed by atoms with Gasteiger partial charge in [0, 0.05) is 34.2 Å². The highest BCUT2D eigenvalue weighted by atomic mass is 32.2. The summed E-state index contributed by atoms with van der Waals surface area (Å²) in [6, 6.07) is 19.4. The van der Waals surface area contributed by atoms with Crippen molar-refractivity contribution < 1.29 is 45.2 Å². The zero-order valence-corrected chi connectivity index (χ0v) is 27.5. The van der Waals surface area contributed by atoms with E-state index in [4.69, 9.17) is 9.26 Å². The fraction of sp³-hybridized carbons (Fsp3) is 0.361. The molecule has 3 saturated carbocycles. The molecule has 0 radical (unpaired) electrons. The Morgan fingerprint density at radius 3 is 2.20 bits per heavy atom. The third kappa shape index (κ3) is 7.41. The first-order valence-electron chi connectivity index (χ1n) is 16.4.